The molecule has 0 radical (unpaired) electrons. The van der Waals surface area contributed by atoms with Gasteiger partial charge in [0.25, 0.3) is 0 Å². The van der Waals surface area contributed by atoms with E-state index in [0.29, 0.717) is 18.2 Å². The van der Waals surface area contributed by atoms with E-state index in [-0.39, 0.29) is 0 Å². The summed E-state index contributed by atoms with van der Waals surface area (Å²) >= 11 is 0. The third kappa shape index (κ3) is 3.67. The maximum absolute atomic E-state index is 13.8. The van der Waals surface area contributed by atoms with Gasteiger partial charge in [-0.3, -0.25) is 9.58 Å². The van der Waals surface area contributed by atoms with Crippen LogP contribution in [0.2, 0.25) is 0 Å². The normalized spacial score (nSPS) is 14.9. The van der Waals surface area contributed by atoms with Crippen LogP contribution in [0.15, 0.2) is 30.6 Å². The lowest BCUT2D eigenvalue weighted by Crippen LogP contribution is -2.28. The van der Waals surface area contributed by atoms with E-state index in [2.05, 4.69) is 10.00 Å². The second-order valence-electron chi connectivity index (χ2n) is 5.71. The second kappa shape index (κ2) is 5.93. The molecule has 0 N–H and O–H groups in total. The Hall–Kier alpha value is -1.75. The van der Waals surface area contributed by atoms with E-state index in [1.54, 1.807) is 10.7 Å². The minimum absolute atomic E-state index is 0.456. The van der Waals surface area contributed by atoms with Crippen LogP contribution in [-0.4, -0.2) is 27.3 Å². The van der Waals surface area contributed by atoms with Crippen LogP contribution in [0.4, 0.5) is 8.78 Å². The minimum atomic E-state index is -0.524. The Morgan fingerprint density at radius 3 is 2.76 bits per heavy atom. The number of nitrogens with zero attached hydrogens (tertiary/aromatic N) is 3. The molecule has 0 atom stereocenters. The van der Waals surface area contributed by atoms with Crippen molar-refractivity contribution in [3.05, 3.63) is 53.4 Å². The SMILES string of the molecule is Cn1cc(CCN(Cc2ccc(F)cc2F)C2CC2)cn1. The first kappa shape index (κ1) is 14.2. The van der Waals surface area contributed by atoms with Gasteiger partial charge in [-0.2, -0.15) is 5.10 Å². The van der Waals surface area contributed by atoms with Gasteiger partial charge in [0.2, 0.25) is 0 Å². The van der Waals surface area contributed by atoms with Crippen molar-refractivity contribution in [1.29, 1.82) is 0 Å². The summed E-state index contributed by atoms with van der Waals surface area (Å²) in [6.07, 6.45) is 7.09. The first-order valence-electron chi connectivity index (χ1n) is 7.27. The van der Waals surface area contributed by atoms with Crippen molar-refractivity contribution in [2.75, 3.05) is 6.54 Å². The van der Waals surface area contributed by atoms with E-state index in [1.165, 1.54) is 11.6 Å². The lowest BCUT2D eigenvalue weighted by Gasteiger charge is -2.22. The van der Waals surface area contributed by atoms with Crippen molar-refractivity contribution in [3.63, 3.8) is 0 Å². The molecule has 0 unspecified atom stereocenters. The largest absolute Gasteiger partial charge is 0.296 e. The fourth-order valence-electron chi connectivity index (χ4n) is 2.57. The molecule has 0 bridgehead atoms. The predicted octanol–water partition coefficient (Wildman–Crippen LogP) is 2.91. The molecule has 2 aromatic rings. The molecule has 112 valence electrons. The average Bonchev–Trinajstić information content (AvgIpc) is 3.20. The Labute approximate surface area is 123 Å². The summed E-state index contributed by atoms with van der Waals surface area (Å²) in [5, 5.41) is 4.16. The molecule has 1 aliphatic rings. The molecule has 1 aromatic carbocycles. The van der Waals surface area contributed by atoms with Crippen LogP contribution in [0.25, 0.3) is 0 Å². The van der Waals surface area contributed by atoms with Crippen molar-refractivity contribution < 1.29 is 8.78 Å². The zero-order valence-electron chi connectivity index (χ0n) is 12.1. The van der Waals surface area contributed by atoms with Crippen molar-refractivity contribution >= 4 is 0 Å². The van der Waals surface area contributed by atoms with Crippen LogP contribution in [0.1, 0.15) is 24.0 Å². The predicted molar refractivity (Wildman–Crippen MR) is 76.7 cm³/mol. The molecule has 21 heavy (non-hydrogen) atoms. The van der Waals surface area contributed by atoms with Gasteiger partial charge in [-0.05, 0) is 30.9 Å². The van der Waals surface area contributed by atoms with Crippen LogP contribution >= 0.6 is 0 Å². The van der Waals surface area contributed by atoms with Gasteiger partial charge in [0, 0.05) is 44.0 Å². The van der Waals surface area contributed by atoms with E-state index in [1.807, 2.05) is 19.4 Å². The topological polar surface area (TPSA) is 21.1 Å². The zero-order chi connectivity index (χ0) is 14.8. The van der Waals surface area contributed by atoms with Gasteiger partial charge in [0.05, 0.1) is 6.20 Å². The van der Waals surface area contributed by atoms with Gasteiger partial charge < -0.3 is 0 Å². The van der Waals surface area contributed by atoms with Crippen molar-refractivity contribution in [3.8, 4) is 0 Å². The molecule has 1 saturated carbocycles. The second-order valence-corrected chi connectivity index (χ2v) is 5.71. The average molecular weight is 291 g/mol. The van der Waals surface area contributed by atoms with E-state index >= 15 is 0 Å². The summed E-state index contributed by atoms with van der Waals surface area (Å²) in [5.41, 5.74) is 1.75. The van der Waals surface area contributed by atoms with Crippen molar-refractivity contribution in [1.82, 2.24) is 14.7 Å². The van der Waals surface area contributed by atoms with Gasteiger partial charge in [-0.15, -0.1) is 0 Å². The molecular weight excluding hydrogens is 272 g/mol. The maximum atomic E-state index is 13.8. The quantitative estimate of drug-likeness (QED) is 0.816. The lowest BCUT2D eigenvalue weighted by atomic mass is 10.1. The fourth-order valence-corrected chi connectivity index (χ4v) is 2.57. The fraction of sp³-hybridized carbons (Fsp3) is 0.438. The monoisotopic (exact) mass is 291 g/mol. The van der Waals surface area contributed by atoms with Gasteiger partial charge in [-0.25, -0.2) is 8.78 Å². The van der Waals surface area contributed by atoms with E-state index in [4.69, 9.17) is 0 Å². The zero-order valence-corrected chi connectivity index (χ0v) is 12.1. The highest BCUT2D eigenvalue weighted by Gasteiger charge is 2.29. The highest BCUT2D eigenvalue weighted by atomic mass is 19.1. The Bertz CT molecular complexity index is 620. The third-order valence-electron chi connectivity index (χ3n) is 3.90. The van der Waals surface area contributed by atoms with E-state index in [9.17, 15) is 8.78 Å². The maximum Gasteiger partial charge on any atom is 0.130 e. The van der Waals surface area contributed by atoms with Crippen molar-refractivity contribution in [2.45, 2.75) is 31.8 Å². The summed E-state index contributed by atoms with van der Waals surface area (Å²) in [6, 6.07) is 4.36. The molecule has 3 nitrogen and oxygen atoms in total. The van der Waals surface area contributed by atoms with Gasteiger partial charge >= 0.3 is 0 Å². The minimum Gasteiger partial charge on any atom is -0.296 e. The molecule has 1 aromatic heterocycles. The first-order chi connectivity index (χ1) is 10.1. The molecular formula is C16H19F2N3. The molecule has 1 fully saturated rings. The van der Waals surface area contributed by atoms with Crippen LogP contribution in [0.3, 0.4) is 0 Å². The summed E-state index contributed by atoms with van der Waals surface area (Å²) in [6.45, 7) is 1.41. The number of hydrogen-bond donors (Lipinski definition) is 0. The summed E-state index contributed by atoms with van der Waals surface area (Å²) in [4.78, 5) is 2.28. The molecule has 5 heteroatoms. The Morgan fingerprint density at radius 2 is 2.14 bits per heavy atom. The number of hydrogen-bond acceptors (Lipinski definition) is 2. The number of halogens is 2. The van der Waals surface area contributed by atoms with Crippen LogP contribution in [0.5, 0.6) is 0 Å². The van der Waals surface area contributed by atoms with Crippen molar-refractivity contribution in [2.24, 2.45) is 7.05 Å². The van der Waals surface area contributed by atoms with Gasteiger partial charge in [0.15, 0.2) is 0 Å². The molecule has 0 spiro atoms. The van der Waals surface area contributed by atoms with E-state index < -0.39 is 11.6 Å². The lowest BCUT2D eigenvalue weighted by molar-refractivity contribution is 0.254. The Morgan fingerprint density at radius 1 is 1.33 bits per heavy atom. The Kier molecular flexibility index (Phi) is 4.01. The molecule has 3 rings (SSSR count). The number of aryl methyl sites for hydroxylation is 1. The summed E-state index contributed by atoms with van der Waals surface area (Å²) in [5.74, 6) is -0.980. The molecule has 1 heterocycles. The third-order valence-corrected chi connectivity index (χ3v) is 3.90. The molecule has 1 aliphatic carbocycles. The first-order valence-corrected chi connectivity index (χ1v) is 7.27. The summed E-state index contributed by atoms with van der Waals surface area (Å²) < 4.78 is 28.5. The van der Waals surface area contributed by atoms with E-state index in [0.717, 1.165) is 31.9 Å². The number of aromatic nitrogens is 2. The summed E-state index contributed by atoms with van der Waals surface area (Å²) in [7, 11) is 1.90. The van der Waals surface area contributed by atoms with Crippen LogP contribution in [-0.2, 0) is 20.0 Å². The standard InChI is InChI=1S/C16H19F2N3/c1-20-10-12(9-19-20)6-7-21(15-4-5-15)11-13-2-3-14(17)8-16(13)18/h2-3,8-10,15H,4-7,11H2,1H3. The number of rotatable bonds is 6. The highest BCUT2D eigenvalue weighted by molar-refractivity contribution is 5.19. The van der Waals surface area contributed by atoms with Gasteiger partial charge in [-0.1, -0.05) is 6.07 Å². The smallest absolute Gasteiger partial charge is 0.130 e. The van der Waals surface area contributed by atoms with Crippen LogP contribution in [0, 0.1) is 11.6 Å². The molecule has 0 amide bonds. The molecule has 0 saturated heterocycles. The Balaban J connectivity index is 1.64. The van der Waals surface area contributed by atoms with Crippen LogP contribution < -0.4 is 0 Å². The number of benzene rings is 1. The highest BCUT2D eigenvalue weighted by Crippen LogP contribution is 2.29. The molecule has 0 aliphatic heterocycles. The van der Waals surface area contributed by atoms with Gasteiger partial charge in [0.1, 0.15) is 11.6 Å².